The number of hydrogen-bond donors (Lipinski definition) is 1. The van der Waals surface area contributed by atoms with Crippen molar-refractivity contribution < 1.29 is 23.8 Å². The SMILES string of the molecule is O=C(Nc1ccccc1N1CCOC1=O)c1cc(Cl)c2c(c1)OCCO2. The van der Waals surface area contributed by atoms with Crippen LogP contribution in [0, 0.1) is 0 Å². The third-order valence-electron chi connectivity index (χ3n) is 4.06. The first-order valence-corrected chi connectivity index (χ1v) is 8.45. The monoisotopic (exact) mass is 374 g/mol. The molecule has 134 valence electrons. The van der Waals surface area contributed by atoms with E-state index in [1.54, 1.807) is 30.3 Å². The van der Waals surface area contributed by atoms with Gasteiger partial charge in [-0.05, 0) is 24.3 Å². The van der Waals surface area contributed by atoms with E-state index in [1.807, 2.05) is 0 Å². The van der Waals surface area contributed by atoms with Gasteiger partial charge in [-0.3, -0.25) is 9.69 Å². The van der Waals surface area contributed by atoms with Crippen LogP contribution in [0.3, 0.4) is 0 Å². The highest BCUT2D eigenvalue weighted by Crippen LogP contribution is 2.38. The molecule has 4 rings (SSSR count). The van der Waals surface area contributed by atoms with E-state index in [9.17, 15) is 9.59 Å². The number of hydrogen-bond acceptors (Lipinski definition) is 5. The molecule has 8 heteroatoms. The summed E-state index contributed by atoms with van der Waals surface area (Å²) in [4.78, 5) is 26.0. The molecule has 0 aliphatic carbocycles. The van der Waals surface area contributed by atoms with Crippen molar-refractivity contribution in [1.82, 2.24) is 0 Å². The first-order chi connectivity index (χ1) is 12.6. The van der Waals surface area contributed by atoms with Crippen molar-refractivity contribution in [3.8, 4) is 11.5 Å². The molecule has 2 aromatic carbocycles. The standard InChI is InChI=1S/C18H15ClN2O5/c19-12-9-11(10-15-16(12)25-8-7-24-15)17(22)20-13-3-1-2-4-14(13)21-5-6-26-18(21)23/h1-4,9-10H,5-8H2,(H,20,22). The van der Waals surface area contributed by atoms with Gasteiger partial charge >= 0.3 is 6.09 Å². The summed E-state index contributed by atoms with van der Waals surface area (Å²) < 4.78 is 15.9. The zero-order valence-corrected chi connectivity index (χ0v) is 14.4. The van der Waals surface area contributed by atoms with Crippen LogP contribution in [0.25, 0.3) is 0 Å². The van der Waals surface area contributed by atoms with E-state index in [-0.39, 0.29) is 5.91 Å². The Labute approximate surface area is 154 Å². The van der Waals surface area contributed by atoms with E-state index < -0.39 is 6.09 Å². The third-order valence-corrected chi connectivity index (χ3v) is 4.34. The molecule has 0 radical (unpaired) electrons. The van der Waals surface area contributed by atoms with Crippen LogP contribution in [0.15, 0.2) is 36.4 Å². The van der Waals surface area contributed by atoms with Gasteiger partial charge in [-0.2, -0.15) is 0 Å². The topological polar surface area (TPSA) is 77.1 Å². The van der Waals surface area contributed by atoms with Gasteiger partial charge in [-0.1, -0.05) is 23.7 Å². The summed E-state index contributed by atoms with van der Waals surface area (Å²) in [6.07, 6.45) is -0.436. The highest BCUT2D eigenvalue weighted by atomic mass is 35.5. The summed E-state index contributed by atoms with van der Waals surface area (Å²) in [6.45, 7) is 1.56. The molecule has 0 unspecified atom stereocenters. The predicted octanol–water partition coefficient (Wildman–Crippen LogP) is 3.32. The lowest BCUT2D eigenvalue weighted by molar-refractivity contribution is 0.102. The third kappa shape index (κ3) is 3.01. The van der Waals surface area contributed by atoms with Gasteiger partial charge in [0.2, 0.25) is 0 Å². The van der Waals surface area contributed by atoms with Crippen molar-refractivity contribution in [1.29, 1.82) is 0 Å². The Morgan fingerprint density at radius 3 is 2.69 bits per heavy atom. The molecular weight excluding hydrogens is 360 g/mol. The Balaban J connectivity index is 1.61. The van der Waals surface area contributed by atoms with E-state index in [4.69, 9.17) is 25.8 Å². The van der Waals surface area contributed by atoms with Crippen LogP contribution >= 0.6 is 11.6 Å². The number of carbonyl (C=O) groups is 2. The Hall–Kier alpha value is -2.93. The van der Waals surface area contributed by atoms with E-state index >= 15 is 0 Å². The number of benzene rings is 2. The zero-order valence-electron chi connectivity index (χ0n) is 13.7. The van der Waals surface area contributed by atoms with E-state index in [0.29, 0.717) is 59.8 Å². The smallest absolute Gasteiger partial charge is 0.414 e. The van der Waals surface area contributed by atoms with E-state index in [2.05, 4.69) is 5.32 Å². The maximum atomic E-state index is 12.7. The second-order valence-corrected chi connectivity index (χ2v) is 6.13. The van der Waals surface area contributed by atoms with Crippen molar-refractivity contribution in [3.05, 3.63) is 47.0 Å². The van der Waals surface area contributed by atoms with Crippen LogP contribution in [-0.4, -0.2) is 38.4 Å². The van der Waals surface area contributed by atoms with Gasteiger partial charge in [0.25, 0.3) is 5.91 Å². The van der Waals surface area contributed by atoms with Crippen LogP contribution in [-0.2, 0) is 4.74 Å². The molecule has 0 aromatic heterocycles. The van der Waals surface area contributed by atoms with Crippen LogP contribution in [0.4, 0.5) is 16.2 Å². The number of rotatable bonds is 3. The van der Waals surface area contributed by atoms with Crippen LogP contribution in [0.2, 0.25) is 5.02 Å². The first-order valence-electron chi connectivity index (χ1n) is 8.07. The highest BCUT2D eigenvalue weighted by Gasteiger charge is 2.26. The molecular formula is C18H15ClN2O5. The van der Waals surface area contributed by atoms with Crippen molar-refractivity contribution in [2.75, 3.05) is 36.6 Å². The van der Waals surface area contributed by atoms with Crippen molar-refractivity contribution in [3.63, 3.8) is 0 Å². The number of nitrogens with zero attached hydrogens (tertiary/aromatic N) is 1. The van der Waals surface area contributed by atoms with Crippen molar-refractivity contribution in [2.45, 2.75) is 0 Å². The molecule has 2 aliphatic rings. The fraction of sp³-hybridized carbons (Fsp3) is 0.222. The number of ether oxygens (including phenoxy) is 3. The first kappa shape index (κ1) is 16.5. The second-order valence-electron chi connectivity index (χ2n) is 5.72. The van der Waals surface area contributed by atoms with Crippen molar-refractivity contribution >= 4 is 35.0 Å². The minimum Gasteiger partial charge on any atom is -0.486 e. The molecule has 1 fully saturated rings. The largest absolute Gasteiger partial charge is 0.486 e. The molecule has 1 N–H and O–H groups in total. The quantitative estimate of drug-likeness (QED) is 0.891. The lowest BCUT2D eigenvalue weighted by Crippen LogP contribution is -2.25. The van der Waals surface area contributed by atoms with Gasteiger partial charge in [-0.25, -0.2) is 4.79 Å². The summed E-state index contributed by atoms with van der Waals surface area (Å²) in [7, 11) is 0. The number of amides is 2. The normalized spacial score (nSPS) is 15.6. The molecule has 2 aliphatic heterocycles. The summed E-state index contributed by atoms with van der Waals surface area (Å²) in [5, 5.41) is 3.12. The number of carbonyl (C=O) groups excluding carboxylic acids is 2. The number of nitrogens with one attached hydrogen (secondary N) is 1. The fourth-order valence-electron chi connectivity index (χ4n) is 2.86. The fourth-order valence-corrected chi connectivity index (χ4v) is 3.13. The highest BCUT2D eigenvalue weighted by molar-refractivity contribution is 6.32. The van der Waals surface area contributed by atoms with Gasteiger partial charge in [-0.15, -0.1) is 0 Å². The molecule has 7 nitrogen and oxygen atoms in total. The summed E-state index contributed by atoms with van der Waals surface area (Å²) in [5.41, 5.74) is 1.41. The number of fused-ring (bicyclic) bond motifs is 1. The predicted molar refractivity (Wildman–Crippen MR) is 95.5 cm³/mol. The Kier molecular flexibility index (Phi) is 4.30. The number of cyclic esters (lactones) is 1. The van der Waals surface area contributed by atoms with Gasteiger partial charge in [0.1, 0.15) is 19.8 Å². The van der Waals surface area contributed by atoms with E-state index in [1.165, 1.54) is 11.0 Å². The number of anilines is 2. The maximum Gasteiger partial charge on any atom is 0.414 e. The van der Waals surface area contributed by atoms with Gasteiger partial charge in [0.15, 0.2) is 11.5 Å². The summed E-state index contributed by atoms with van der Waals surface area (Å²) in [5.74, 6) is 0.504. The second kappa shape index (κ2) is 6.76. The Morgan fingerprint density at radius 1 is 1.08 bits per heavy atom. The molecule has 2 aromatic rings. The Bertz CT molecular complexity index is 886. The zero-order chi connectivity index (χ0) is 18.1. The average molecular weight is 375 g/mol. The van der Waals surface area contributed by atoms with Crippen LogP contribution < -0.4 is 19.7 Å². The van der Waals surface area contributed by atoms with Gasteiger partial charge in [0.05, 0.1) is 22.9 Å². The minimum atomic E-state index is -0.436. The number of halogens is 1. The molecule has 0 atom stereocenters. The van der Waals surface area contributed by atoms with E-state index in [0.717, 1.165) is 0 Å². The van der Waals surface area contributed by atoms with Crippen LogP contribution in [0.1, 0.15) is 10.4 Å². The maximum absolute atomic E-state index is 12.7. The summed E-state index contributed by atoms with van der Waals surface area (Å²) >= 11 is 6.19. The number of para-hydroxylation sites is 2. The molecule has 2 heterocycles. The molecule has 0 bridgehead atoms. The summed E-state index contributed by atoms with van der Waals surface area (Å²) in [6, 6.07) is 10.1. The average Bonchev–Trinajstić information content (AvgIpc) is 3.08. The molecule has 1 saturated heterocycles. The van der Waals surface area contributed by atoms with Crippen molar-refractivity contribution in [2.24, 2.45) is 0 Å². The van der Waals surface area contributed by atoms with Gasteiger partial charge < -0.3 is 19.5 Å². The Morgan fingerprint density at radius 2 is 1.88 bits per heavy atom. The molecule has 26 heavy (non-hydrogen) atoms. The molecule has 2 amide bonds. The lowest BCUT2D eigenvalue weighted by Gasteiger charge is -2.21. The molecule has 0 saturated carbocycles. The molecule has 0 spiro atoms. The van der Waals surface area contributed by atoms with Crippen LogP contribution in [0.5, 0.6) is 11.5 Å². The minimum absolute atomic E-state index is 0.309. The van der Waals surface area contributed by atoms with Gasteiger partial charge in [0, 0.05) is 5.56 Å². The lowest BCUT2D eigenvalue weighted by atomic mass is 10.1.